The first-order valence-electron chi connectivity index (χ1n) is 2.41. The summed E-state index contributed by atoms with van der Waals surface area (Å²) in [6.07, 6.45) is -1.33. The molecule has 0 aromatic rings. The van der Waals surface area contributed by atoms with Gasteiger partial charge in [-0.15, -0.1) is 0 Å². The maximum absolute atomic E-state index is 9.79. The molecule has 2 N–H and O–H groups in total. The molecule has 0 bridgehead atoms. The Morgan fingerprint density at radius 1 is 1.36 bits per heavy atom. The topological polar surface area (TPSA) is 113 Å². The predicted octanol–water partition coefficient (Wildman–Crippen LogP) is -3.20. The predicted molar refractivity (Wildman–Crippen MR) is 32.4 cm³/mol. The second-order valence-corrected chi connectivity index (χ2v) is 2.65. The molecule has 0 amide bonds. The van der Waals surface area contributed by atoms with Crippen molar-refractivity contribution in [2.75, 3.05) is 13.2 Å². The molecule has 0 unspecified atom stereocenters. The fourth-order valence-electron chi connectivity index (χ4n) is 0.307. The summed E-state index contributed by atoms with van der Waals surface area (Å²) in [5, 5.41) is 16.4. The van der Waals surface area contributed by atoms with Crippen molar-refractivity contribution in [2.24, 2.45) is 0 Å². The Labute approximate surface area is 104 Å². The van der Waals surface area contributed by atoms with Crippen molar-refractivity contribution < 1.29 is 29.1 Å². The van der Waals surface area contributed by atoms with Crippen molar-refractivity contribution >= 4 is 56.7 Å². The minimum atomic E-state index is -5.07. The third-order valence-corrected chi connectivity index (χ3v) is 1.24. The zero-order valence-corrected chi connectivity index (χ0v) is 11.0. The summed E-state index contributed by atoms with van der Waals surface area (Å²) < 4.78 is 13.5. The van der Waals surface area contributed by atoms with Gasteiger partial charge in [0.05, 0.1) is 21.0 Å². The average molecular weight is 307 g/mol. The molecule has 8 heteroatoms. The van der Waals surface area contributed by atoms with E-state index in [0.29, 0.717) is 0 Å². The maximum Gasteiger partial charge on any atom is 2.00 e. The zero-order valence-electron chi connectivity index (χ0n) is 5.67. The van der Waals surface area contributed by atoms with E-state index in [4.69, 9.17) is 10.2 Å². The van der Waals surface area contributed by atoms with Crippen LogP contribution in [0.1, 0.15) is 0 Å². The van der Waals surface area contributed by atoms with Gasteiger partial charge in [0.15, 0.2) is 0 Å². The van der Waals surface area contributed by atoms with E-state index in [0.717, 1.165) is 0 Å². The van der Waals surface area contributed by atoms with E-state index < -0.39 is 27.1 Å². The molecule has 0 aromatic heterocycles. The van der Waals surface area contributed by atoms with Crippen molar-refractivity contribution in [2.45, 2.75) is 6.10 Å². The summed E-state index contributed by atoms with van der Waals surface area (Å²) in [6, 6.07) is 0. The van der Waals surface area contributed by atoms with Crippen LogP contribution >= 0.6 is 7.82 Å². The normalized spacial score (nSPS) is 11.4. The van der Waals surface area contributed by atoms with E-state index in [9.17, 15) is 14.4 Å². The van der Waals surface area contributed by atoms with Crippen molar-refractivity contribution in [3.63, 3.8) is 0 Å². The Morgan fingerprint density at radius 3 is 1.82 bits per heavy atom. The van der Waals surface area contributed by atoms with Gasteiger partial charge >= 0.3 is 48.9 Å². The molecule has 0 rings (SSSR count). The van der Waals surface area contributed by atoms with Gasteiger partial charge in [0, 0.05) is 0 Å². The number of hydrogen-bond donors (Lipinski definition) is 2. The summed E-state index contributed by atoms with van der Waals surface area (Å²) >= 11 is 0. The standard InChI is InChI=1S/C3H9O6P.Ba/c4-1-3(2-5)9-10(6,7)8;/h3-5H,1-2H2,(H2,6,7,8);/q;+2/p-2. The monoisotopic (exact) mass is 308 g/mol. The molecule has 6 nitrogen and oxygen atoms in total. The van der Waals surface area contributed by atoms with E-state index in [2.05, 4.69) is 4.52 Å². The summed E-state index contributed by atoms with van der Waals surface area (Å²) in [7, 11) is -5.07. The van der Waals surface area contributed by atoms with Crippen LogP contribution < -0.4 is 9.79 Å². The molecule has 0 fully saturated rings. The largest absolute Gasteiger partial charge is 2.00 e. The van der Waals surface area contributed by atoms with Gasteiger partial charge in [0.25, 0.3) is 0 Å². The number of phosphoric ester groups is 1. The third kappa shape index (κ3) is 9.52. The maximum atomic E-state index is 9.79. The van der Waals surface area contributed by atoms with Gasteiger partial charge in [-0.2, -0.15) is 0 Å². The van der Waals surface area contributed by atoms with Gasteiger partial charge in [0.2, 0.25) is 0 Å². The van der Waals surface area contributed by atoms with Crippen molar-refractivity contribution in [1.82, 2.24) is 0 Å². The summed E-state index contributed by atoms with van der Waals surface area (Å²) in [4.78, 5) is 19.6. The molecule has 0 aromatic carbocycles. The minimum Gasteiger partial charge on any atom is -0.790 e. The van der Waals surface area contributed by atoms with Crippen molar-refractivity contribution in [1.29, 1.82) is 0 Å². The van der Waals surface area contributed by atoms with Gasteiger partial charge in [0.1, 0.15) is 6.10 Å². The number of rotatable bonds is 4. The van der Waals surface area contributed by atoms with Crippen LogP contribution in [0, 0.1) is 0 Å². The molecule has 0 saturated carbocycles. The number of phosphoric acid groups is 1. The molecule has 0 saturated heterocycles. The Bertz CT molecular complexity index is 130. The minimum absolute atomic E-state index is 0. The third-order valence-electron chi connectivity index (χ3n) is 0.685. The fourth-order valence-corrected chi connectivity index (χ4v) is 0.805. The second kappa shape index (κ2) is 7.05. The molecule has 62 valence electrons. The SMILES string of the molecule is O=P([O-])([O-])OC(CO)CO.[Ba+2]. The van der Waals surface area contributed by atoms with Gasteiger partial charge in [-0.3, -0.25) is 0 Å². The second-order valence-electron chi connectivity index (χ2n) is 1.54. The average Bonchev–Trinajstić information content (AvgIpc) is 1.81. The summed E-state index contributed by atoms with van der Waals surface area (Å²) in [6.45, 7) is -1.41. The number of aliphatic hydroxyl groups excluding tert-OH is 2. The summed E-state index contributed by atoms with van der Waals surface area (Å²) in [5.41, 5.74) is 0. The molecule has 0 atom stereocenters. The molecule has 0 heterocycles. The molecule has 0 spiro atoms. The molecular formula is C3H7BaO6P. The Kier molecular flexibility index (Phi) is 9.67. The van der Waals surface area contributed by atoms with E-state index in [-0.39, 0.29) is 48.9 Å². The van der Waals surface area contributed by atoms with Crippen LogP contribution in [0.15, 0.2) is 0 Å². The number of aliphatic hydroxyl groups is 2. The van der Waals surface area contributed by atoms with Crippen LogP contribution in [0.5, 0.6) is 0 Å². The zero-order chi connectivity index (χ0) is 8.20. The smallest absolute Gasteiger partial charge is 0.790 e. The first-order chi connectivity index (χ1) is 4.49. The van der Waals surface area contributed by atoms with E-state index in [1.807, 2.05) is 0 Å². The van der Waals surface area contributed by atoms with Crippen LogP contribution in [0.2, 0.25) is 0 Å². The van der Waals surface area contributed by atoms with Gasteiger partial charge < -0.3 is 29.1 Å². The Balaban J connectivity index is 0. The molecule has 0 radical (unpaired) electrons. The van der Waals surface area contributed by atoms with Gasteiger partial charge in [-0.25, -0.2) is 0 Å². The van der Waals surface area contributed by atoms with Gasteiger partial charge in [-0.05, 0) is 0 Å². The van der Waals surface area contributed by atoms with Gasteiger partial charge in [-0.1, -0.05) is 0 Å². The van der Waals surface area contributed by atoms with E-state index in [1.54, 1.807) is 0 Å². The fraction of sp³-hybridized carbons (Fsp3) is 1.00. The molecular weight excluding hydrogens is 300 g/mol. The van der Waals surface area contributed by atoms with Crippen LogP contribution in [-0.2, 0) is 9.09 Å². The van der Waals surface area contributed by atoms with Crippen LogP contribution in [0.4, 0.5) is 0 Å². The Hall–Kier alpha value is 1.60. The first kappa shape index (κ1) is 15.1. The Morgan fingerprint density at radius 2 is 1.73 bits per heavy atom. The van der Waals surface area contributed by atoms with Crippen LogP contribution in [0.25, 0.3) is 0 Å². The molecule has 0 aliphatic heterocycles. The molecule has 0 aliphatic rings. The molecule has 0 aliphatic carbocycles. The van der Waals surface area contributed by atoms with Crippen molar-refractivity contribution in [3.05, 3.63) is 0 Å². The first-order valence-corrected chi connectivity index (χ1v) is 3.88. The number of hydrogen-bond acceptors (Lipinski definition) is 6. The molecule has 11 heavy (non-hydrogen) atoms. The van der Waals surface area contributed by atoms with Crippen LogP contribution in [0.3, 0.4) is 0 Å². The van der Waals surface area contributed by atoms with E-state index >= 15 is 0 Å². The quantitative estimate of drug-likeness (QED) is 0.418. The van der Waals surface area contributed by atoms with Crippen LogP contribution in [-0.4, -0.2) is 78.4 Å². The summed E-state index contributed by atoms with van der Waals surface area (Å²) in [5.74, 6) is 0. The van der Waals surface area contributed by atoms with Crippen molar-refractivity contribution in [3.8, 4) is 0 Å². The van der Waals surface area contributed by atoms with E-state index in [1.165, 1.54) is 0 Å².